The van der Waals surface area contributed by atoms with Crippen molar-refractivity contribution in [2.24, 2.45) is 23.7 Å². The molecule has 2 aliphatic rings. The summed E-state index contributed by atoms with van der Waals surface area (Å²) < 4.78 is 22.7. The van der Waals surface area contributed by atoms with Crippen LogP contribution in [0.15, 0.2) is 11.8 Å². The van der Waals surface area contributed by atoms with Gasteiger partial charge in [0.05, 0.1) is 26.4 Å². The van der Waals surface area contributed by atoms with E-state index in [0.717, 1.165) is 13.0 Å². The standard InChI is InChI=1S/C21H37NO6/c1-4-27-21-17(7-9-25-11-12-26-10-8-23)18(15(2)3)13-19(28-21)20(24)22-14-16-5-6-16/h13,15-18,21,23H,4-12,14H2,1-3H3,(H,22,24). The van der Waals surface area contributed by atoms with Gasteiger partial charge in [-0.15, -0.1) is 0 Å². The van der Waals surface area contributed by atoms with Crippen LogP contribution >= 0.6 is 0 Å². The average Bonchev–Trinajstić information content (AvgIpc) is 3.50. The summed E-state index contributed by atoms with van der Waals surface area (Å²) in [6.45, 7) is 9.38. The Kier molecular flexibility index (Phi) is 10.3. The maximum absolute atomic E-state index is 12.5. The zero-order chi connectivity index (χ0) is 20.4. The minimum Gasteiger partial charge on any atom is -0.459 e. The second-order valence-corrected chi connectivity index (χ2v) is 7.85. The molecule has 28 heavy (non-hydrogen) atoms. The Morgan fingerprint density at radius 3 is 2.57 bits per heavy atom. The zero-order valence-corrected chi connectivity index (χ0v) is 17.5. The Bertz CT molecular complexity index is 491. The molecule has 0 aromatic rings. The van der Waals surface area contributed by atoms with Gasteiger partial charge < -0.3 is 29.4 Å². The number of aliphatic hydroxyl groups is 1. The maximum atomic E-state index is 12.5. The van der Waals surface area contributed by atoms with Crippen molar-refractivity contribution in [2.45, 2.75) is 46.3 Å². The third-order valence-corrected chi connectivity index (χ3v) is 5.21. The van der Waals surface area contributed by atoms with Gasteiger partial charge in [-0.3, -0.25) is 4.79 Å². The first-order chi connectivity index (χ1) is 13.6. The number of aliphatic hydroxyl groups excluding tert-OH is 1. The lowest BCUT2D eigenvalue weighted by atomic mass is 9.79. The van der Waals surface area contributed by atoms with Crippen molar-refractivity contribution < 1.29 is 28.8 Å². The molecular weight excluding hydrogens is 362 g/mol. The van der Waals surface area contributed by atoms with Gasteiger partial charge in [-0.1, -0.05) is 13.8 Å². The Morgan fingerprint density at radius 2 is 1.96 bits per heavy atom. The van der Waals surface area contributed by atoms with Gasteiger partial charge in [0.25, 0.3) is 5.91 Å². The highest BCUT2D eigenvalue weighted by molar-refractivity contribution is 5.91. The molecule has 0 saturated heterocycles. The Balaban J connectivity index is 1.91. The number of amides is 1. The lowest BCUT2D eigenvalue weighted by Crippen LogP contribution is -2.41. The molecule has 1 fully saturated rings. The number of rotatable bonds is 14. The van der Waals surface area contributed by atoms with Crippen molar-refractivity contribution in [1.82, 2.24) is 5.32 Å². The Hall–Kier alpha value is -1.15. The number of ether oxygens (including phenoxy) is 4. The highest BCUT2D eigenvalue weighted by atomic mass is 16.7. The molecule has 1 aliphatic carbocycles. The van der Waals surface area contributed by atoms with E-state index in [1.54, 1.807) is 0 Å². The molecule has 0 aromatic heterocycles. The van der Waals surface area contributed by atoms with Crippen LogP contribution in [0, 0.1) is 23.7 Å². The molecule has 1 aliphatic heterocycles. The van der Waals surface area contributed by atoms with E-state index in [1.165, 1.54) is 12.8 Å². The summed E-state index contributed by atoms with van der Waals surface area (Å²) in [5.74, 6) is 1.53. The second-order valence-electron chi connectivity index (χ2n) is 7.85. The van der Waals surface area contributed by atoms with Gasteiger partial charge in [0.1, 0.15) is 0 Å². The number of allylic oxidation sites excluding steroid dienone is 1. The van der Waals surface area contributed by atoms with Gasteiger partial charge in [0.2, 0.25) is 6.29 Å². The van der Waals surface area contributed by atoms with Crippen molar-refractivity contribution in [1.29, 1.82) is 0 Å². The van der Waals surface area contributed by atoms with E-state index in [-0.39, 0.29) is 24.3 Å². The summed E-state index contributed by atoms with van der Waals surface area (Å²) in [4.78, 5) is 12.5. The molecule has 0 radical (unpaired) electrons. The Morgan fingerprint density at radius 1 is 1.25 bits per heavy atom. The summed E-state index contributed by atoms with van der Waals surface area (Å²) in [6, 6.07) is 0. The molecule has 162 valence electrons. The van der Waals surface area contributed by atoms with Crippen molar-refractivity contribution >= 4 is 5.91 Å². The van der Waals surface area contributed by atoms with E-state index in [1.807, 2.05) is 13.0 Å². The first-order valence-corrected chi connectivity index (χ1v) is 10.6. The average molecular weight is 400 g/mol. The SMILES string of the molecule is CCOC1OC(C(=O)NCC2CC2)=CC(C(C)C)C1CCOCCOCCO. The number of hydrogen-bond donors (Lipinski definition) is 2. The van der Waals surface area contributed by atoms with Crippen LogP contribution in [0.25, 0.3) is 0 Å². The minimum absolute atomic E-state index is 0.0222. The van der Waals surface area contributed by atoms with Crippen LogP contribution in [0.1, 0.15) is 40.0 Å². The van der Waals surface area contributed by atoms with E-state index < -0.39 is 6.29 Å². The van der Waals surface area contributed by atoms with E-state index >= 15 is 0 Å². The molecular formula is C21H37NO6. The van der Waals surface area contributed by atoms with Gasteiger partial charge in [0.15, 0.2) is 5.76 Å². The molecule has 3 atom stereocenters. The van der Waals surface area contributed by atoms with Crippen LogP contribution in [-0.2, 0) is 23.7 Å². The number of carbonyl (C=O) groups is 1. The van der Waals surface area contributed by atoms with Gasteiger partial charge in [-0.25, -0.2) is 0 Å². The van der Waals surface area contributed by atoms with Crippen molar-refractivity contribution in [3.63, 3.8) is 0 Å². The van der Waals surface area contributed by atoms with Gasteiger partial charge in [-0.05, 0) is 50.0 Å². The number of hydrogen-bond acceptors (Lipinski definition) is 6. The summed E-state index contributed by atoms with van der Waals surface area (Å²) >= 11 is 0. The quantitative estimate of drug-likeness (QED) is 0.435. The first-order valence-electron chi connectivity index (χ1n) is 10.6. The largest absolute Gasteiger partial charge is 0.459 e. The first kappa shape index (κ1) is 23.1. The van der Waals surface area contributed by atoms with Crippen molar-refractivity contribution in [3.8, 4) is 0 Å². The predicted molar refractivity (Wildman–Crippen MR) is 105 cm³/mol. The van der Waals surface area contributed by atoms with E-state index in [4.69, 9.17) is 24.1 Å². The molecule has 7 nitrogen and oxygen atoms in total. The lowest BCUT2D eigenvalue weighted by Gasteiger charge is -2.38. The third kappa shape index (κ3) is 7.70. The highest BCUT2D eigenvalue weighted by Gasteiger charge is 2.38. The summed E-state index contributed by atoms with van der Waals surface area (Å²) in [5, 5.41) is 11.7. The topological polar surface area (TPSA) is 86.3 Å². The smallest absolute Gasteiger partial charge is 0.286 e. The minimum atomic E-state index is -0.446. The normalized spacial score (nSPS) is 24.8. The molecule has 7 heteroatoms. The molecule has 1 saturated carbocycles. The Labute approximate surface area is 168 Å². The van der Waals surface area contributed by atoms with Crippen LogP contribution in [0.3, 0.4) is 0 Å². The van der Waals surface area contributed by atoms with Crippen LogP contribution in [-0.4, -0.2) is 63.5 Å². The summed E-state index contributed by atoms with van der Waals surface area (Å²) in [7, 11) is 0. The van der Waals surface area contributed by atoms with Crippen LogP contribution < -0.4 is 5.32 Å². The second kappa shape index (κ2) is 12.4. The van der Waals surface area contributed by atoms with Crippen molar-refractivity contribution in [3.05, 3.63) is 11.8 Å². The molecule has 2 N–H and O–H groups in total. The van der Waals surface area contributed by atoms with Crippen LogP contribution in [0.4, 0.5) is 0 Å². The molecule has 2 rings (SSSR count). The van der Waals surface area contributed by atoms with E-state index in [0.29, 0.717) is 50.6 Å². The molecule has 1 amide bonds. The molecule has 1 heterocycles. The summed E-state index contributed by atoms with van der Waals surface area (Å²) in [5.41, 5.74) is 0. The lowest BCUT2D eigenvalue weighted by molar-refractivity contribution is -0.177. The predicted octanol–water partition coefficient (Wildman–Crippen LogP) is 2.09. The fourth-order valence-corrected chi connectivity index (χ4v) is 3.45. The zero-order valence-electron chi connectivity index (χ0n) is 17.5. The molecule has 0 spiro atoms. The van der Waals surface area contributed by atoms with Gasteiger partial charge >= 0.3 is 0 Å². The molecule has 3 unspecified atom stereocenters. The maximum Gasteiger partial charge on any atom is 0.286 e. The fraction of sp³-hybridized carbons (Fsp3) is 0.857. The third-order valence-electron chi connectivity index (χ3n) is 5.21. The molecule has 0 aromatic carbocycles. The van der Waals surface area contributed by atoms with Crippen molar-refractivity contribution in [2.75, 3.05) is 46.2 Å². The molecule has 0 bridgehead atoms. The fourth-order valence-electron chi connectivity index (χ4n) is 3.45. The number of carbonyl (C=O) groups excluding carboxylic acids is 1. The highest BCUT2D eigenvalue weighted by Crippen LogP contribution is 2.36. The van der Waals surface area contributed by atoms with Crippen LogP contribution in [0.2, 0.25) is 0 Å². The van der Waals surface area contributed by atoms with E-state index in [2.05, 4.69) is 19.2 Å². The monoisotopic (exact) mass is 399 g/mol. The van der Waals surface area contributed by atoms with Crippen LogP contribution in [0.5, 0.6) is 0 Å². The van der Waals surface area contributed by atoms with Gasteiger partial charge in [-0.2, -0.15) is 0 Å². The van der Waals surface area contributed by atoms with Gasteiger partial charge in [0, 0.05) is 25.7 Å². The summed E-state index contributed by atoms with van der Waals surface area (Å²) in [6.07, 6.45) is 4.70. The number of nitrogens with one attached hydrogen (secondary N) is 1. The van der Waals surface area contributed by atoms with E-state index in [9.17, 15) is 4.79 Å².